The van der Waals surface area contributed by atoms with E-state index in [1.54, 1.807) is 24.3 Å². The molecule has 5 rings (SSSR count). The predicted octanol–water partition coefficient (Wildman–Crippen LogP) is 4.34. The molecule has 0 N–H and O–H groups in total. The van der Waals surface area contributed by atoms with Crippen molar-refractivity contribution in [2.75, 3.05) is 19.6 Å². The second-order valence-electron chi connectivity index (χ2n) is 8.36. The first kappa shape index (κ1) is 19.6. The van der Waals surface area contributed by atoms with E-state index in [1.165, 1.54) is 22.6 Å². The fourth-order valence-electron chi connectivity index (χ4n) is 4.84. The fourth-order valence-corrected chi connectivity index (χ4v) is 4.84. The van der Waals surface area contributed by atoms with Crippen molar-refractivity contribution in [2.45, 2.75) is 12.5 Å². The number of nitrogens with zero attached hydrogens (tertiary/aromatic N) is 2. The number of rotatable bonds is 5. The Hall–Kier alpha value is -3.31. The molecule has 2 aliphatic rings. The minimum absolute atomic E-state index is 0.0800. The topological polar surface area (TPSA) is 40.6 Å². The second-order valence-corrected chi connectivity index (χ2v) is 8.36. The molecule has 0 bridgehead atoms. The molecule has 1 saturated heterocycles. The lowest BCUT2D eigenvalue weighted by molar-refractivity contribution is 0.0626. The van der Waals surface area contributed by atoms with E-state index in [4.69, 9.17) is 0 Å². The van der Waals surface area contributed by atoms with E-state index in [0.29, 0.717) is 17.7 Å². The largest absolute Gasteiger partial charge is 0.298 e. The van der Waals surface area contributed by atoms with Crippen LogP contribution in [0.5, 0.6) is 0 Å². The van der Waals surface area contributed by atoms with Gasteiger partial charge in [-0.3, -0.25) is 19.4 Å². The highest BCUT2D eigenvalue weighted by Crippen LogP contribution is 2.36. The van der Waals surface area contributed by atoms with Gasteiger partial charge < -0.3 is 0 Å². The van der Waals surface area contributed by atoms with E-state index in [2.05, 4.69) is 17.0 Å². The molecule has 3 aromatic rings. The number of imide groups is 1. The number of fused-ring (bicyclic) bond motifs is 1. The summed E-state index contributed by atoms with van der Waals surface area (Å²) in [6.07, 6.45) is 0. The Kier molecular flexibility index (Phi) is 5.12. The molecule has 0 radical (unpaired) electrons. The Labute approximate surface area is 180 Å². The summed E-state index contributed by atoms with van der Waals surface area (Å²) in [5.41, 5.74) is 3.22. The average Bonchev–Trinajstić information content (AvgIpc) is 3.29. The van der Waals surface area contributed by atoms with Crippen LogP contribution in [0.15, 0.2) is 78.9 Å². The number of hydrogen-bond donors (Lipinski definition) is 0. The maximum absolute atomic E-state index is 13.5. The molecule has 3 aromatic carbocycles. The quantitative estimate of drug-likeness (QED) is 0.584. The summed E-state index contributed by atoms with van der Waals surface area (Å²) in [4.78, 5) is 29.5. The Morgan fingerprint density at radius 3 is 2.03 bits per heavy atom. The zero-order valence-corrected chi connectivity index (χ0v) is 17.1. The molecule has 4 nitrogen and oxygen atoms in total. The van der Waals surface area contributed by atoms with Crippen molar-refractivity contribution in [2.24, 2.45) is 5.92 Å². The first-order valence-corrected chi connectivity index (χ1v) is 10.6. The molecular weight excluding hydrogens is 391 g/mol. The third kappa shape index (κ3) is 3.77. The second kappa shape index (κ2) is 8.08. The SMILES string of the molecule is O=C1c2ccccc2C(=O)N1CC1CN(Cc2ccccc2)CC1c1ccc(F)cc1. The Morgan fingerprint density at radius 2 is 1.39 bits per heavy atom. The number of benzene rings is 3. The summed E-state index contributed by atoms with van der Waals surface area (Å²) in [5, 5.41) is 0. The van der Waals surface area contributed by atoms with E-state index < -0.39 is 0 Å². The van der Waals surface area contributed by atoms with Gasteiger partial charge in [0.25, 0.3) is 11.8 Å². The number of carbonyl (C=O) groups excluding carboxylic acids is 2. The van der Waals surface area contributed by atoms with Crippen molar-refractivity contribution in [3.05, 3.63) is 107 Å². The number of halogens is 1. The minimum atomic E-state index is -0.264. The van der Waals surface area contributed by atoms with Crippen LogP contribution in [0.1, 0.15) is 37.8 Å². The smallest absolute Gasteiger partial charge is 0.261 e. The van der Waals surface area contributed by atoms with Crippen LogP contribution in [-0.2, 0) is 6.54 Å². The molecule has 2 amide bonds. The highest BCUT2D eigenvalue weighted by atomic mass is 19.1. The van der Waals surface area contributed by atoms with Crippen LogP contribution in [0.4, 0.5) is 4.39 Å². The number of carbonyl (C=O) groups is 2. The maximum Gasteiger partial charge on any atom is 0.261 e. The van der Waals surface area contributed by atoms with Crippen molar-refractivity contribution in [3.63, 3.8) is 0 Å². The normalized spacial score (nSPS) is 21.0. The zero-order valence-electron chi connectivity index (χ0n) is 17.1. The van der Waals surface area contributed by atoms with E-state index in [9.17, 15) is 14.0 Å². The number of likely N-dealkylation sites (tertiary alicyclic amines) is 1. The molecule has 0 spiro atoms. The molecule has 156 valence electrons. The van der Waals surface area contributed by atoms with Crippen LogP contribution < -0.4 is 0 Å². The lowest BCUT2D eigenvalue weighted by Gasteiger charge is -2.23. The highest BCUT2D eigenvalue weighted by Gasteiger charge is 2.41. The standard InChI is InChI=1S/C26H23FN2O2/c27-21-12-10-19(11-13-21)24-17-28(14-18-6-2-1-3-7-18)15-20(24)16-29-25(30)22-8-4-5-9-23(22)26(29)31/h1-13,20,24H,14-17H2. The first-order chi connectivity index (χ1) is 15.1. The molecule has 1 fully saturated rings. The van der Waals surface area contributed by atoms with Gasteiger partial charge in [0.15, 0.2) is 0 Å². The van der Waals surface area contributed by atoms with Gasteiger partial charge in [0.1, 0.15) is 5.82 Å². The molecule has 2 heterocycles. The lowest BCUT2D eigenvalue weighted by atomic mass is 9.88. The summed E-state index contributed by atoms with van der Waals surface area (Å²) < 4.78 is 13.5. The molecule has 0 saturated carbocycles. The summed E-state index contributed by atoms with van der Waals surface area (Å²) >= 11 is 0. The van der Waals surface area contributed by atoms with Gasteiger partial charge in [-0.25, -0.2) is 4.39 Å². The number of amides is 2. The van der Waals surface area contributed by atoms with Crippen LogP contribution in [-0.4, -0.2) is 41.2 Å². The van der Waals surface area contributed by atoms with Crippen LogP contribution in [0.2, 0.25) is 0 Å². The molecular formula is C26H23FN2O2. The van der Waals surface area contributed by atoms with E-state index in [-0.39, 0.29) is 29.5 Å². The molecule has 2 unspecified atom stereocenters. The van der Waals surface area contributed by atoms with Gasteiger partial charge >= 0.3 is 0 Å². The van der Waals surface area contributed by atoms with Crippen LogP contribution in [0.25, 0.3) is 0 Å². The van der Waals surface area contributed by atoms with Crippen molar-refractivity contribution in [1.29, 1.82) is 0 Å². The first-order valence-electron chi connectivity index (χ1n) is 10.6. The van der Waals surface area contributed by atoms with Gasteiger partial charge in [0.05, 0.1) is 11.1 Å². The van der Waals surface area contributed by atoms with Crippen molar-refractivity contribution < 1.29 is 14.0 Å². The highest BCUT2D eigenvalue weighted by molar-refractivity contribution is 6.21. The molecule has 0 aliphatic carbocycles. The lowest BCUT2D eigenvalue weighted by Crippen LogP contribution is -2.36. The van der Waals surface area contributed by atoms with Gasteiger partial charge in [-0.1, -0.05) is 54.6 Å². The van der Waals surface area contributed by atoms with Crippen molar-refractivity contribution in [3.8, 4) is 0 Å². The molecule has 0 aromatic heterocycles. The molecule has 5 heteroatoms. The fraction of sp³-hybridized carbons (Fsp3) is 0.231. The van der Waals surface area contributed by atoms with Crippen molar-refractivity contribution >= 4 is 11.8 Å². The van der Waals surface area contributed by atoms with Crippen LogP contribution in [0, 0.1) is 11.7 Å². The van der Waals surface area contributed by atoms with Crippen molar-refractivity contribution in [1.82, 2.24) is 9.80 Å². The third-order valence-electron chi connectivity index (χ3n) is 6.36. The Balaban J connectivity index is 1.40. The molecule has 2 atom stereocenters. The summed E-state index contributed by atoms with van der Waals surface area (Å²) in [5.74, 6) is -0.510. The van der Waals surface area contributed by atoms with E-state index in [1.807, 2.05) is 30.3 Å². The van der Waals surface area contributed by atoms with Crippen LogP contribution >= 0.6 is 0 Å². The summed E-state index contributed by atoms with van der Waals surface area (Å²) in [6.45, 7) is 2.73. The van der Waals surface area contributed by atoms with Gasteiger partial charge in [-0.2, -0.15) is 0 Å². The minimum Gasteiger partial charge on any atom is -0.298 e. The molecule has 31 heavy (non-hydrogen) atoms. The Morgan fingerprint density at radius 1 is 0.774 bits per heavy atom. The average molecular weight is 414 g/mol. The van der Waals surface area contributed by atoms with Gasteiger partial charge in [-0.15, -0.1) is 0 Å². The summed E-state index contributed by atoms with van der Waals surface area (Å²) in [6, 6.07) is 23.9. The van der Waals surface area contributed by atoms with Crippen LogP contribution in [0.3, 0.4) is 0 Å². The van der Waals surface area contributed by atoms with Gasteiger partial charge in [-0.05, 0) is 41.3 Å². The van der Waals surface area contributed by atoms with Gasteiger partial charge in [0.2, 0.25) is 0 Å². The Bertz CT molecular complexity index is 1080. The zero-order chi connectivity index (χ0) is 21.4. The third-order valence-corrected chi connectivity index (χ3v) is 6.36. The molecule has 2 aliphatic heterocycles. The van der Waals surface area contributed by atoms with E-state index in [0.717, 1.165) is 25.2 Å². The monoisotopic (exact) mass is 414 g/mol. The number of hydrogen-bond acceptors (Lipinski definition) is 3. The summed E-state index contributed by atoms with van der Waals surface area (Å²) in [7, 11) is 0. The van der Waals surface area contributed by atoms with Gasteiger partial charge in [0, 0.05) is 32.1 Å². The van der Waals surface area contributed by atoms with E-state index >= 15 is 0 Å². The predicted molar refractivity (Wildman–Crippen MR) is 116 cm³/mol. The maximum atomic E-state index is 13.5.